The molecule has 0 radical (unpaired) electrons. The van der Waals surface area contributed by atoms with E-state index in [4.69, 9.17) is 9.47 Å². The summed E-state index contributed by atoms with van der Waals surface area (Å²) in [5.74, 6) is 1.29. The van der Waals surface area contributed by atoms with Crippen LogP contribution in [0.2, 0.25) is 0 Å². The number of amides is 1. The van der Waals surface area contributed by atoms with E-state index in [-0.39, 0.29) is 5.91 Å². The van der Waals surface area contributed by atoms with E-state index in [0.717, 1.165) is 10.6 Å². The molecular formula is C14H13NO3S. The number of aryl methyl sites for hydroxylation is 1. The highest BCUT2D eigenvalue weighted by Crippen LogP contribution is 2.32. The number of nitrogens with one attached hydrogen (secondary N) is 1. The number of rotatable bonds is 2. The lowest BCUT2D eigenvalue weighted by molar-refractivity contribution is 0.103. The van der Waals surface area contributed by atoms with Crippen LogP contribution < -0.4 is 14.8 Å². The van der Waals surface area contributed by atoms with Gasteiger partial charge in [0.2, 0.25) is 0 Å². The second kappa shape index (κ2) is 4.93. The van der Waals surface area contributed by atoms with Gasteiger partial charge in [0.25, 0.3) is 5.91 Å². The lowest BCUT2D eigenvalue weighted by atomic mass is 10.2. The Labute approximate surface area is 115 Å². The molecule has 1 aliphatic rings. The molecule has 0 saturated heterocycles. The fraction of sp³-hybridized carbons (Fsp3) is 0.214. The molecule has 2 aromatic rings. The van der Waals surface area contributed by atoms with E-state index in [9.17, 15) is 4.79 Å². The van der Waals surface area contributed by atoms with Crippen molar-refractivity contribution >= 4 is 22.9 Å². The number of ether oxygens (including phenoxy) is 2. The van der Waals surface area contributed by atoms with Gasteiger partial charge in [0.05, 0.1) is 4.88 Å². The molecule has 3 rings (SSSR count). The number of benzene rings is 1. The van der Waals surface area contributed by atoms with Crippen LogP contribution in [0.15, 0.2) is 30.3 Å². The molecule has 1 N–H and O–H groups in total. The van der Waals surface area contributed by atoms with E-state index in [1.807, 2.05) is 31.2 Å². The van der Waals surface area contributed by atoms with Gasteiger partial charge < -0.3 is 14.8 Å². The summed E-state index contributed by atoms with van der Waals surface area (Å²) in [4.78, 5) is 13.8. The molecule has 0 fully saturated rings. The van der Waals surface area contributed by atoms with Crippen LogP contribution >= 0.6 is 11.3 Å². The number of carbonyl (C=O) groups is 1. The predicted octanol–water partition coefficient (Wildman–Crippen LogP) is 3.08. The summed E-state index contributed by atoms with van der Waals surface area (Å²) in [6, 6.07) is 9.17. The fourth-order valence-electron chi connectivity index (χ4n) is 1.87. The molecule has 2 heterocycles. The lowest BCUT2D eigenvalue weighted by Crippen LogP contribution is -2.16. The highest BCUT2D eigenvalue weighted by molar-refractivity contribution is 7.14. The number of fused-ring (bicyclic) bond motifs is 1. The fourth-order valence-corrected chi connectivity index (χ4v) is 2.63. The summed E-state index contributed by atoms with van der Waals surface area (Å²) >= 11 is 1.48. The zero-order chi connectivity index (χ0) is 13.2. The van der Waals surface area contributed by atoms with Crippen molar-refractivity contribution in [3.63, 3.8) is 0 Å². The maximum Gasteiger partial charge on any atom is 0.265 e. The Morgan fingerprint density at radius 1 is 1.16 bits per heavy atom. The third kappa shape index (κ3) is 2.56. The highest BCUT2D eigenvalue weighted by Gasteiger charge is 2.13. The summed E-state index contributed by atoms with van der Waals surface area (Å²) in [7, 11) is 0. The molecule has 0 saturated carbocycles. The Morgan fingerprint density at radius 3 is 2.68 bits per heavy atom. The SMILES string of the molecule is Cc1ccc(C(=O)Nc2ccc3c(c2)OCCO3)s1. The number of hydrogen-bond acceptors (Lipinski definition) is 4. The quantitative estimate of drug-likeness (QED) is 0.916. The van der Waals surface area contributed by atoms with Gasteiger partial charge in [-0.1, -0.05) is 0 Å². The van der Waals surface area contributed by atoms with Crippen molar-refractivity contribution < 1.29 is 14.3 Å². The van der Waals surface area contributed by atoms with E-state index in [2.05, 4.69) is 5.32 Å². The van der Waals surface area contributed by atoms with Crippen molar-refractivity contribution in [1.82, 2.24) is 0 Å². The van der Waals surface area contributed by atoms with Gasteiger partial charge in [-0.2, -0.15) is 0 Å². The first-order chi connectivity index (χ1) is 9.22. The largest absolute Gasteiger partial charge is 0.486 e. The minimum Gasteiger partial charge on any atom is -0.486 e. The summed E-state index contributed by atoms with van der Waals surface area (Å²) in [5, 5.41) is 2.86. The van der Waals surface area contributed by atoms with E-state index >= 15 is 0 Å². The zero-order valence-corrected chi connectivity index (χ0v) is 11.3. The number of hydrogen-bond donors (Lipinski definition) is 1. The molecule has 5 heteroatoms. The van der Waals surface area contributed by atoms with Gasteiger partial charge in [-0.15, -0.1) is 11.3 Å². The first-order valence-electron chi connectivity index (χ1n) is 6.00. The Balaban J connectivity index is 1.78. The Kier molecular flexibility index (Phi) is 3.13. The molecule has 0 spiro atoms. The van der Waals surface area contributed by atoms with Gasteiger partial charge in [0, 0.05) is 16.6 Å². The molecule has 0 unspecified atom stereocenters. The molecule has 1 aromatic carbocycles. The van der Waals surface area contributed by atoms with Gasteiger partial charge in [-0.05, 0) is 31.2 Å². The van der Waals surface area contributed by atoms with E-state index in [1.54, 1.807) is 6.07 Å². The van der Waals surface area contributed by atoms with Gasteiger partial charge >= 0.3 is 0 Å². The van der Waals surface area contributed by atoms with Crippen LogP contribution in [-0.4, -0.2) is 19.1 Å². The van der Waals surface area contributed by atoms with Gasteiger partial charge in [-0.3, -0.25) is 4.79 Å². The summed E-state index contributed by atoms with van der Waals surface area (Å²) in [6.07, 6.45) is 0. The molecule has 1 aliphatic heterocycles. The van der Waals surface area contributed by atoms with Crippen LogP contribution in [-0.2, 0) is 0 Å². The molecule has 1 aromatic heterocycles. The zero-order valence-electron chi connectivity index (χ0n) is 10.4. The van der Waals surface area contributed by atoms with Gasteiger partial charge in [0.15, 0.2) is 11.5 Å². The van der Waals surface area contributed by atoms with Crippen molar-refractivity contribution in [2.24, 2.45) is 0 Å². The Morgan fingerprint density at radius 2 is 1.95 bits per heavy atom. The second-order valence-corrected chi connectivity index (χ2v) is 5.51. The van der Waals surface area contributed by atoms with Gasteiger partial charge in [0.1, 0.15) is 13.2 Å². The number of thiophene rings is 1. The average Bonchev–Trinajstić information content (AvgIpc) is 2.85. The average molecular weight is 275 g/mol. The minimum absolute atomic E-state index is 0.102. The third-order valence-electron chi connectivity index (χ3n) is 2.76. The maximum absolute atomic E-state index is 12.0. The van der Waals surface area contributed by atoms with Gasteiger partial charge in [-0.25, -0.2) is 0 Å². The standard InChI is InChI=1S/C14H13NO3S/c1-9-2-5-13(19-9)14(16)15-10-3-4-11-12(8-10)18-7-6-17-11/h2-5,8H,6-7H2,1H3,(H,15,16). The minimum atomic E-state index is -0.102. The summed E-state index contributed by atoms with van der Waals surface area (Å²) < 4.78 is 10.9. The van der Waals surface area contributed by atoms with Crippen LogP contribution in [0.4, 0.5) is 5.69 Å². The highest BCUT2D eigenvalue weighted by atomic mass is 32.1. The normalized spacial score (nSPS) is 13.1. The summed E-state index contributed by atoms with van der Waals surface area (Å²) in [6.45, 7) is 3.08. The maximum atomic E-state index is 12.0. The molecule has 98 valence electrons. The lowest BCUT2D eigenvalue weighted by Gasteiger charge is -2.18. The number of carbonyl (C=O) groups excluding carboxylic acids is 1. The molecule has 0 bridgehead atoms. The van der Waals surface area contributed by atoms with Crippen molar-refractivity contribution in [2.75, 3.05) is 18.5 Å². The first-order valence-corrected chi connectivity index (χ1v) is 6.81. The van der Waals surface area contributed by atoms with E-state index < -0.39 is 0 Å². The van der Waals surface area contributed by atoms with Crippen molar-refractivity contribution in [3.8, 4) is 11.5 Å². The topological polar surface area (TPSA) is 47.6 Å². The van der Waals surface area contributed by atoms with E-state index in [1.165, 1.54) is 11.3 Å². The summed E-state index contributed by atoms with van der Waals surface area (Å²) in [5.41, 5.74) is 0.709. The predicted molar refractivity (Wildman–Crippen MR) is 74.4 cm³/mol. The number of anilines is 1. The Bertz CT molecular complexity index is 621. The molecule has 4 nitrogen and oxygen atoms in total. The van der Waals surface area contributed by atoms with Crippen molar-refractivity contribution in [1.29, 1.82) is 0 Å². The van der Waals surface area contributed by atoms with Crippen LogP contribution in [0, 0.1) is 6.92 Å². The van der Waals surface area contributed by atoms with Crippen molar-refractivity contribution in [3.05, 3.63) is 40.1 Å². The second-order valence-electron chi connectivity index (χ2n) is 4.22. The molecular weight excluding hydrogens is 262 g/mol. The van der Waals surface area contributed by atoms with E-state index in [0.29, 0.717) is 29.5 Å². The smallest absolute Gasteiger partial charge is 0.265 e. The third-order valence-corrected chi connectivity index (χ3v) is 3.76. The van der Waals surface area contributed by atoms with Crippen LogP contribution in [0.25, 0.3) is 0 Å². The Hall–Kier alpha value is -2.01. The molecule has 0 atom stereocenters. The first kappa shape index (κ1) is 12.0. The van der Waals surface area contributed by atoms with Crippen molar-refractivity contribution in [2.45, 2.75) is 6.92 Å². The molecule has 19 heavy (non-hydrogen) atoms. The van der Waals surface area contributed by atoms with Crippen LogP contribution in [0.5, 0.6) is 11.5 Å². The monoisotopic (exact) mass is 275 g/mol. The van der Waals surface area contributed by atoms with Crippen LogP contribution in [0.3, 0.4) is 0 Å². The molecule has 1 amide bonds. The van der Waals surface area contributed by atoms with Crippen LogP contribution in [0.1, 0.15) is 14.5 Å². The molecule has 0 aliphatic carbocycles.